The molecule has 1 fully saturated rings. The Morgan fingerprint density at radius 2 is 2.50 bits per heavy atom. The number of aryl methyl sites for hydroxylation is 1. The molecule has 0 amide bonds. The highest BCUT2D eigenvalue weighted by atomic mass is 16.6. The second kappa shape index (κ2) is 2.58. The average molecular weight is 160 g/mol. The van der Waals surface area contributed by atoms with Crippen molar-refractivity contribution in [3.8, 4) is 6.07 Å². The smallest absolute Gasteiger partial charge is 0.124 e. The van der Waals surface area contributed by atoms with Gasteiger partial charge in [-0.3, -0.25) is 4.98 Å². The number of epoxide rings is 1. The largest absolute Gasteiger partial charge is 0.366 e. The molecule has 1 aromatic rings. The predicted molar refractivity (Wildman–Crippen MR) is 42.4 cm³/mol. The Morgan fingerprint density at radius 3 is 3.08 bits per heavy atom. The van der Waals surface area contributed by atoms with Crippen LogP contribution in [-0.2, 0) is 4.74 Å². The monoisotopic (exact) mass is 160 g/mol. The summed E-state index contributed by atoms with van der Waals surface area (Å²) in [6.45, 7) is 2.62. The van der Waals surface area contributed by atoms with Crippen LogP contribution in [0.3, 0.4) is 0 Å². The van der Waals surface area contributed by atoms with Gasteiger partial charge in [0.15, 0.2) is 0 Å². The third-order valence-corrected chi connectivity index (χ3v) is 1.81. The molecule has 0 radical (unpaired) electrons. The zero-order valence-corrected chi connectivity index (χ0v) is 6.74. The third kappa shape index (κ3) is 1.17. The summed E-state index contributed by atoms with van der Waals surface area (Å²) in [5.74, 6) is 0. The molecule has 0 saturated carbocycles. The van der Waals surface area contributed by atoms with Gasteiger partial charge in [0.2, 0.25) is 0 Å². The van der Waals surface area contributed by atoms with E-state index in [2.05, 4.69) is 11.1 Å². The molecule has 0 bridgehead atoms. The molecule has 1 aliphatic heterocycles. The van der Waals surface area contributed by atoms with E-state index >= 15 is 0 Å². The number of pyridine rings is 1. The van der Waals surface area contributed by atoms with Crippen molar-refractivity contribution in [1.82, 2.24) is 4.98 Å². The van der Waals surface area contributed by atoms with Gasteiger partial charge in [-0.05, 0) is 18.6 Å². The van der Waals surface area contributed by atoms with Crippen molar-refractivity contribution < 1.29 is 4.74 Å². The lowest BCUT2D eigenvalue weighted by atomic mass is 10.1. The van der Waals surface area contributed by atoms with Gasteiger partial charge in [0.05, 0.1) is 17.9 Å². The van der Waals surface area contributed by atoms with E-state index in [-0.39, 0.29) is 6.10 Å². The summed E-state index contributed by atoms with van der Waals surface area (Å²) in [6.07, 6.45) is 1.83. The highest BCUT2D eigenvalue weighted by Gasteiger charge is 2.28. The standard InChI is InChI=1S/C9H8N2O/c1-6-2-7(3-10)9(11-4-6)8-5-12-8/h2,4,8H,5H2,1H3. The number of ether oxygens (including phenoxy) is 1. The van der Waals surface area contributed by atoms with Gasteiger partial charge in [-0.1, -0.05) is 0 Å². The molecule has 12 heavy (non-hydrogen) atoms. The first-order chi connectivity index (χ1) is 5.81. The van der Waals surface area contributed by atoms with Crippen molar-refractivity contribution in [1.29, 1.82) is 5.26 Å². The minimum absolute atomic E-state index is 0.0697. The SMILES string of the molecule is Cc1cnc(C2CO2)c(C#N)c1. The van der Waals surface area contributed by atoms with Gasteiger partial charge >= 0.3 is 0 Å². The van der Waals surface area contributed by atoms with Crippen LogP contribution < -0.4 is 0 Å². The van der Waals surface area contributed by atoms with E-state index in [1.165, 1.54) is 0 Å². The molecule has 1 aromatic heterocycles. The lowest BCUT2D eigenvalue weighted by Crippen LogP contribution is -1.93. The predicted octanol–water partition coefficient (Wildman–Crippen LogP) is 1.33. The fourth-order valence-electron chi connectivity index (χ4n) is 1.13. The van der Waals surface area contributed by atoms with Crippen LogP contribution in [-0.4, -0.2) is 11.6 Å². The van der Waals surface area contributed by atoms with E-state index in [1.807, 2.05) is 13.0 Å². The summed E-state index contributed by atoms with van der Waals surface area (Å²) >= 11 is 0. The summed E-state index contributed by atoms with van der Waals surface area (Å²) in [7, 11) is 0. The van der Waals surface area contributed by atoms with Gasteiger partial charge in [-0.25, -0.2) is 0 Å². The molecular formula is C9H8N2O. The van der Waals surface area contributed by atoms with E-state index in [0.717, 1.165) is 11.3 Å². The summed E-state index contributed by atoms with van der Waals surface area (Å²) in [4.78, 5) is 4.16. The molecule has 60 valence electrons. The van der Waals surface area contributed by atoms with Gasteiger partial charge in [-0.15, -0.1) is 0 Å². The van der Waals surface area contributed by atoms with Gasteiger partial charge in [0.25, 0.3) is 0 Å². The van der Waals surface area contributed by atoms with Crippen molar-refractivity contribution in [2.45, 2.75) is 13.0 Å². The van der Waals surface area contributed by atoms with Crippen LogP contribution in [0, 0.1) is 18.3 Å². The molecule has 0 aliphatic carbocycles. The van der Waals surface area contributed by atoms with Gasteiger partial charge in [-0.2, -0.15) is 5.26 Å². The second-order valence-electron chi connectivity index (χ2n) is 2.88. The zero-order valence-electron chi connectivity index (χ0n) is 6.74. The van der Waals surface area contributed by atoms with Crippen LogP contribution in [0.15, 0.2) is 12.3 Å². The maximum absolute atomic E-state index is 8.77. The van der Waals surface area contributed by atoms with Crippen molar-refractivity contribution in [3.63, 3.8) is 0 Å². The lowest BCUT2D eigenvalue weighted by Gasteiger charge is -1.98. The fraction of sp³-hybridized carbons (Fsp3) is 0.333. The number of nitriles is 1. The first kappa shape index (κ1) is 7.26. The van der Waals surface area contributed by atoms with Crippen LogP contribution >= 0.6 is 0 Å². The Kier molecular flexibility index (Phi) is 1.56. The quantitative estimate of drug-likeness (QED) is 0.582. The Morgan fingerprint density at radius 1 is 1.75 bits per heavy atom. The molecule has 1 saturated heterocycles. The van der Waals surface area contributed by atoms with Gasteiger partial charge in [0, 0.05) is 6.20 Å². The minimum Gasteiger partial charge on any atom is -0.366 e. The topological polar surface area (TPSA) is 49.2 Å². The minimum atomic E-state index is 0.0697. The van der Waals surface area contributed by atoms with E-state index in [0.29, 0.717) is 12.2 Å². The van der Waals surface area contributed by atoms with Crippen LogP contribution in [0.1, 0.15) is 22.9 Å². The Hall–Kier alpha value is -1.40. The maximum atomic E-state index is 8.77. The van der Waals surface area contributed by atoms with E-state index < -0.39 is 0 Å². The van der Waals surface area contributed by atoms with E-state index in [9.17, 15) is 0 Å². The molecule has 2 rings (SSSR count). The van der Waals surface area contributed by atoms with Gasteiger partial charge in [0.1, 0.15) is 12.2 Å². The third-order valence-electron chi connectivity index (χ3n) is 1.81. The second-order valence-corrected chi connectivity index (χ2v) is 2.88. The lowest BCUT2D eigenvalue weighted by molar-refractivity contribution is 0.411. The Labute approximate surface area is 70.6 Å². The highest BCUT2D eigenvalue weighted by Crippen LogP contribution is 2.30. The van der Waals surface area contributed by atoms with Crippen LogP contribution in [0.5, 0.6) is 0 Å². The average Bonchev–Trinajstić information content (AvgIpc) is 2.87. The van der Waals surface area contributed by atoms with Crippen LogP contribution in [0.25, 0.3) is 0 Å². The number of hydrogen-bond donors (Lipinski definition) is 0. The molecule has 1 aliphatic rings. The summed E-state index contributed by atoms with van der Waals surface area (Å²) in [6, 6.07) is 3.95. The molecule has 0 spiro atoms. The first-order valence-corrected chi connectivity index (χ1v) is 3.79. The fourth-order valence-corrected chi connectivity index (χ4v) is 1.13. The Balaban J connectivity index is 2.47. The molecule has 3 heteroatoms. The number of hydrogen-bond acceptors (Lipinski definition) is 3. The molecular weight excluding hydrogens is 152 g/mol. The van der Waals surface area contributed by atoms with Crippen LogP contribution in [0.4, 0.5) is 0 Å². The maximum Gasteiger partial charge on any atom is 0.124 e. The van der Waals surface area contributed by atoms with Crippen molar-refractivity contribution >= 4 is 0 Å². The van der Waals surface area contributed by atoms with Gasteiger partial charge < -0.3 is 4.74 Å². The van der Waals surface area contributed by atoms with Crippen molar-refractivity contribution in [3.05, 3.63) is 29.1 Å². The number of aromatic nitrogens is 1. The van der Waals surface area contributed by atoms with E-state index in [4.69, 9.17) is 10.00 Å². The summed E-state index contributed by atoms with van der Waals surface area (Å²) < 4.78 is 5.06. The normalized spacial score (nSPS) is 20.2. The van der Waals surface area contributed by atoms with Crippen molar-refractivity contribution in [2.75, 3.05) is 6.61 Å². The molecule has 1 atom stereocenters. The molecule has 0 N–H and O–H groups in total. The Bertz CT molecular complexity index is 350. The van der Waals surface area contributed by atoms with Crippen LogP contribution in [0.2, 0.25) is 0 Å². The first-order valence-electron chi connectivity index (χ1n) is 3.79. The van der Waals surface area contributed by atoms with E-state index in [1.54, 1.807) is 6.20 Å². The summed E-state index contributed by atoms with van der Waals surface area (Å²) in [5, 5.41) is 8.77. The molecule has 3 nitrogen and oxygen atoms in total. The molecule has 0 aromatic carbocycles. The van der Waals surface area contributed by atoms with Crippen molar-refractivity contribution in [2.24, 2.45) is 0 Å². The molecule has 2 heterocycles. The highest BCUT2D eigenvalue weighted by molar-refractivity contribution is 5.37. The zero-order chi connectivity index (χ0) is 8.55. The molecule has 1 unspecified atom stereocenters. The number of nitrogens with zero attached hydrogens (tertiary/aromatic N) is 2. The number of rotatable bonds is 1. The summed E-state index contributed by atoms with van der Waals surface area (Å²) in [5.41, 5.74) is 2.43.